The van der Waals surface area contributed by atoms with Crippen molar-refractivity contribution >= 4 is 66.4 Å². The number of aryl methyl sites for hydroxylation is 2. The number of anilines is 4. The predicted octanol–water partition coefficient (Wildman–Crippen LogP) is 5.80. The van der Waals surface area contributed by atoms with Crippen molar-refractivity contribution < 1.29 is 9.13 Å². The second-order valence-corrected chi connectivity index (χ2v) is 14.3. The number of rotatable bonds is 15. The van der Waals surface area contributed by atoms with Crippen molar-refractivity contribution in [3.05, 3.63) is 84.9 Å². The minimum absolute atomic E-state index is 0.958. The lowest BCUT2D eigenvalue weighted by Gasteiger charge is -2.15. The summed E-state index contributed by atoms with van der Waals surface area (Å²) >= 11 is 0. The van der Waals surface area contributed by atoms with Crippen LogP contribution in [0, 0.1) is 0 Å². The van der Waals surface area contributed by atoms with Crippen molar-refractivity contribution in [2.45, 2.75) is 25.9 Å². The molecule has 0 aliphatic rings. The van der Waals surface area contributed by atoms with Gasteiger partial charge in [-0.3, -0.25) is 0 Å². The van der Waals surface area contributed by atoms with E-state index in [0.29, 0.717) is 0 Å². The van der Waals surface area contributed by atoms with Gasteiger partial charge in [-0.2, -0.15) is 9.13 Å². The van der Waals surface area contributed by atoms with Gasteiger partial charge >= 0.3 is 0 Å². The lowest BCUT2D eigenvalue weighted by molar-refractivity contribution is -0.645. The summed E-state index contributed by atoms with van der Waals surface area (Å²) in [7, 11) is 16.9. The molecule has 4 aromatic carbocycles. The fraction of sp³-hybridized carbons (Fsp3) is 0.381. The van der Waals surface area contributed by atoms with Gasteiger partial charge < -0.3 is 30.2 Å². The molecule has 8 nitrogen and oxygen atoms in total. The standard InChI is InChI=1S/C42H56N8/c1-45(2)35-15-11-31-25-32-12-16-36(46(3)4)28-40(32)49(39(31)27-35)23-9-19-43-21-22-44-20-10-24-50-41-29-37(47(5)6)17-13-33(41)26-34-14-18-38(48(7)8)30-42(34)50/h11-18,25-30,43-44H,9-10,19-24H2,1-8H3/q+2. The summed E-state index contributed by atoms with van der Waals surface area (Å²) in [6, 6.07) is 31.9. The summed E-state index contributed by atoms with van der Waals surface area (Å²) in [5, 5.41) is 12.5. The number of nitrogens with one attached hydrogen (secondary N) is 2. The van der Waals surface area contributed by atoms with Gasteiger partial charge in [-0.15, -0.1) is 0 Å². The first-order valence-electron chi connectivity index (χ1n) is 18.0. The molecule has 0 unspecified atom stereocenters. The van der Waals surface area contributed by atoms with Crippen molar-refractivity contribution in [1.82, 2.24) is 10.6 Å². The van der Waals surface area contributed by atoms with Crippen LogP contribution in [0.1, 0.15) is 12.8 Å². The first kappa shape index (κ1) is 35.2. The molecule has 8 heteroatoms. The van der Waals surface area contributed by atoms with E-state index in [1.165, 1.54) is 66.4 Å². The van der Waals surface area contributed by atoms with Gasteiger partial charge in [-0.1, -0.05) is 0 Å². The maximum Gasteiger partial charge on any atom is 0.215 e. The highest BCUT2D eigenvalue weighted by atomic mass is 15.1. The Morgan fingerprint density at radius 3 is 0.920 bits per heavy atom. The molecule has 2 N–H and O–H groups in total. The van der Waals surface area contributed by atoms with Gasteiger partial charge in [-0.05, 0) is 60.7 Å². The Kier molecular flexibility index (Phi) is 10.9. The summed E-state index contributed by atoms with van der Waals surface area (Å²) < 4.78 is 5.03. The lowest BCUT2D eigenvalue weighted by atomic mass is 10.1. The largest absolute Gasteiger partial charge is 0.377 e. The van der Waals surface area contributed by atoms with Crippen LogP contribution in [-0.2, 0) is 13.1 Å². The molecular formula is C42H56N8+2. The average Bonchev–Trinajstić information content (AvgIpc) is 3.10. The topological polar surface area (TPSA) is 44.8 Å². The molecule has 0 spiro atoms. The van der Waals surface area contributed by atoms with E-state index in [9.17, 15) is 0 Å². The molecule has 0 saturated heterocycles. The van der Waals surface area contributed by atoms with Crippen LogP contribution in [0.2, 0.25) is 0 Å². The van der Waals surface area contributed by atoms with Crippen molar-refractivity contribution in [2.75, 3.05) is 102 Å². The minimum atomic E-state index is 0.958. The fourth-order valence-electron chi connectivity index (χ4n) is 6.89. The van der Waals surface area contributed by atoms with E-state index >= 15 is 0 Å². The second kappa shape index (κ2) is 15.5. The third-order valence-electron chi connectivity index (χ3n) is 9.86. The van der Waals surface area contributed by atoms with Gasteiger partial charge in [0.05, 0.1) is 0 Å². The van der Waals surface area contributed by atoms with E-state index in [4.69, 9.17) is 0 Å². The Morgan fingerprint density at radius 2 is 0.660 bits per heavy atom. The Bertz CT molecular complexity index is 1820. The van der Waals surface area contributed by atoms with E-state index in [1.54, 1.807) is 0 Å². The zero-order chi connectivity index (χ0) is 35.4. The molecule has 2 heterocycles. The molecule has 262 valence electrons. The molecule has 0 fully saturated rings. The third-order valence-corrected chi connectivity index (χ3v) is 9.86. The number of nitrogens with zero attached hydrogens (tertiary/aromatic N) is 6. The van der Waals surface area contributed by atoms with E-state index in [1.807, 2.05) is 0 Å². The monoisotopic (exact) mass is 672 g/mol. The summed E-state index contributed by atoms with van der Waals surface area (Å²) in [6.07, 6.45) is 2.12. The summed E-state index contributed by atoms with van der Waals surface area (Å²) in [5.74, 6) is 0. The fourth-order valence-corrected chi connectivity index (χ4v) is 6.89. The van der Waals surface area contributed by atoms with Crippen LogP contribution < -0.4 is 39.4 Å². The summed E-state index contributed by atoms with van der Waals surface area (Å²) in [5.41, 5.74) is 10.0. The molecular weight excluding hydrogens is 617 g/mol. The van der Waals surface area contributed by atoms with E-state index in [0.717, 1.165) is 52.1 Å². The van der Waals surface area contributed by atoms with Crippen LogP contribution >= 0.6 is 0 Å². The quantitative estimate of drug-likeness (QED) is 0.0818. The molecule has 0 atom stereocenters. The zero-order valence-electron chi connectivity index (χ0n) is 31.4. The highest BCUT2D eigenvalue weighted by Crippen LogP contribution is 2.27. The molecule has 6 rings (SSSR count). The Balaban J connectivity index is 1.06. The van der Waals surface area contributed by atoms with Gasteiger partial charge in [-0.25, -0.2) is 0 Å². The number of aromatic nitrogens is 2. The van der Waals surface area contributed by atoms with Gasteiger partial charge in [0.15, 0.2) is 13.1 Å². The highest BCUT2D eigenvalue weighted by Gasteiger charge is 2.19. The Labute approximate surface area is 298 Å². The van der Waals surface area contributed by atoms with Crippen LogP contribution in [0.4, 0.5) is 22.7 Å². The van der Waals surface area contributed by atoms with Crippen LogP contribution in [-0.4, -0.2) is 82.6 Å². The van der Waals surface area contributed by atoms with Crippen molar-refractivity contribution in [2.24, 2.45) is 0 Å². The predicted molar refractivity (Wildman–Crippen MR) is 216 cm³/mol. The third kappa shape index (κ3) is 7.72. The number of hydrogen-bond acceptors (Lipinski definition) is 6. The molecule has 0 amide bonds. The lowest BCUT2D eigenvalue weighted by Crippen LogP contribution is -2.39. The van der Waals surface area contributed by atoms with Crippen molar-refractivity contribution in [3.8, 4) is 0 Å². The SMILES string of the molecule is CN(C)c1ccc2cc3ccc(N(C)C)cc3[n+](CCCNCCNCCC[n+]3c4cc(N(C)C)ccc4cc4ccc(N(C)C)cc43)c2c1. The smallest absolute Gasteiger partial charge is 0.215 e. The van der Waals surface area contributed by atoms with E-state index in [2.05, 4.69) is 181 Å². The number of fused-ring (bicyclic) bond motifs is 4. The number of hydrogen-bond donors (Lipinski definition) is 2. The Morgan fingerprint density at radius 1 is 0.380 bits per heavy atom. The highest BCUT2D eigenvalue weighted by molar-refractivity contribution is 5.92. The molecule has 0 aliphatic carbocycles. The van der Waals surface area contributed by atoms with Gasteiger partial charge in [0.2, 0.25) is 22.1 Å². The minimum Gasteiger partial charge on any atom is -0.377 e. The first-order valence-corrected chi connectivity index (χ1v) is 18.0. The molecule has 50 heavy (non-hydrogen) atoms. The first-order chi connectivity index (χ1) is 24.1. The Hall–Kier alpha value is -4.66. The maximum absolute atomic E-state index is 3.69. The van der Waals surface area contributed by atoms with Crippen LogP contribution in [0.3, 0.4) is 0 Å². The van der Waals surface area contributed by atoms with Crippen LogP contribution in [0.5, 0.6) is 0 Å². The second-order valence-electron chi connectivity index (χ2n) is 14.3. The van der Waals surface area contributed by atoms with Crippen molar-refractivity contribution in [1.29, 1.82) is 0 Å². The maximum atomic E-state index is 3.69. The molecule has 0 radical (unpaired) electrons. The van der Waals surface area contributed by atoms with Crippen molar-refractivity contribution in [3.63, 3.8) is 0 Å². The van der Waals surface area contributed by atoms with Crippen LogP contribution in [0.15, 0.2) is 84.9 Å². The molecule has 0 bridgehead atoms. The van der Waals surface area contributed by atoms with E-state index < -0.39 is 0 Å². The number of pyridine rings is 2. The normalized spacial score (nSPS) is 11.6. The molecule has 0 saturated carbocycles. The average molecular weight is 673 g/mol. The molecule has 2 aromatic heterocycles. The molecule has 0 aliphatic heterocycles. The van der Waals surface area contributed by atoms with Gasteiger partial charge in [0.25, 0.3) is 0 Å². The molecule has 6 aromatic rings. The summed E-state index contributed by atoms with van der Waals surface area (Å²) in [4.78, 5) is 8.74. The van der Waals surface area contributed by atoms with Gasteiger partial charge in [0.1, 0.15) is 0 Å². The summed E-state index contributed by atoms with van der Waals surface area (Å²) in [6.45, 7) is 5.80. The van der Waals surface area contributed by atoms with Crippen LogP contribution in [0.25, 0.3) is 43.6 Å². The zero-order valence-corrected chi connectivity index (χ0v) is 31.4. The van der Waals surface area contributed by atoms with Gasteiger partial charge in [0, 0.05) is 164 Å². The number of benzene rings is 4. The van der Waals surface area contributed by atoms with E-state index in [-0.39, 0.29) is 0 Å².